The normalized spacial score (nSPS) is 13.2. The van der Waals surface area contributed by atoms with Crippen molar-refractivity contribution in [1.29, 1.82) is 0 Å². The molecule has 0 aliphatic heterocycles. The Morgan fingerprint density at radius 2 is 1.90 bits per heavy atom. The molecule has 0 aliphatic rings. The summed E-state index contributed by atoms with van der Waals surface area (Å²) in [5.74, 6) is -1.39. The van der Waals surface area contributed by atoms with Gasteiger partial charge in [-0.3, -0.25) is 4.79 Å². The number of carbonyl (C=O) groups excluding carboxylic acids is 1. The van der Waals surface area contributed by atoms with Crippen molar-refractivity contribution in [2.75, 3.05) is 6.54 Å². The first-order valence-electron chi connectivity index (χ1n) is 6.51. The standard InChI is InChI=1S/C15H21F2NO2/c1-9-6-13(17)11(7-12(9)16)10(2)18-8-14(19)20-15(3,4)5/h6-7,10,18H,8H2,1-5H3. The summed E-state index contributed by atoms with van der Waals surface area (Å²) in [7, 11) is 0. The third-order valence-electron chi connectivity index (χ3n) is 2.72. The van der Waals surface area contributed by atoms with Crippen LogP contribution in [0.2, 0.25) is 0 Å². The van der Waals surface area contributed by atoms with Gasteiger partial charge in [0.25, 0.3) is 0 Å². The number of nitrogens with one attached hydrogen (secondary N) is 1. The second-order valence-electron chi connectivity index (χ2n) is 5.81. The molecule has 20 heavy (non-hydrogen) atoms. The molecule has 0 fully saturated rings. The van der Waals surface area contributed by atoms with E-state index in [1.807, 2.05) is 0 Å². The predicted octanol–water partition coefficient (Wildman–Crippen LogP) is 3.27. The quantitative estimate of drug-likeness (QED) is 0.863. The van der Waals surface area contributed by atoms with E-state index in [1.165, 1.54) is 6.92 Å². The molecule has 0 amide bonds. The molecule has 1 aromatic carbocycles. The minimum Gasteiger partial charge on any atom is -0.459 e. The lowest BCUT2D eigenvalue weighted by Gasteiger charge is -2.21. The molecule has 0 saturated heterocycles. The first-order chi connectivity index (χ1) is 9.10. The number of hydrogen-bond donors (Lipinski definition) is 1. The van der Waals surface area contributed by atoms with E-state index >= 15 is 0 Å². The number of rotatable bonds is 4. The van der Waals surface area contributed by atoms with Crippen molar-refractivity contribution in [3.05, 3.63) is 34.9 Å². The molecule has 1 atom stereocenters. The molecule has 1 N–H and O–H groups in total. The number of carbonyl (C=O) groups is 1. The monoisotopic (exact) mass is 285 g/mol. The Balaban J connectivity index is 2.66. The summed E-state index contributed by atoms with van der Waals surface area (Å²) in [5, 5.41) is 2.83. The summed E-state index contributed by atoms with van der Waals surface area (Å²) < 4.78 is 32.3. The highest BCUT2D eigenvalue weighted by atomic mass is 19.1. The summed E-state index contributed by atoms with van der Waals surface area (Å²) in [5.41, 5.74) is -0.120. The third-order valence-corrected chi connectivity index (χ3v) is 2.72. The zero-order valence-corrected chi connectivity index (χ0v) is 12.5. The molecule has 5 heteroatoms. The van der Waals surface area contributed by atoms with Crippen LogP contribution in [-0.2, 0) is 9.53 Å². The molecule has 0 spiro atoms. The van der Waals surface area contributed by atoms with Gasteiger partial charge in [-0.15, -0.1) is 0 Å². The lowest BCUT2D eigenvalue weighted by Crippen LogP contribution is -2.33. The molecule has 0 aliphatic carbocycles. The van der Waals surface area contributed by atoms with Crippen LogP contribution in [0.4, 0.5) is 8.78 Å². The zero-order valence-electron chi connectivity index (χ0n) is 12.5. The fraction of sp³-hybridized carbons (Fsp3) is 0.533. The molecule has 0 aromatic heterocycles. The molecular formula is C15H21F2NO2. The first kappa shape index (κ1) is 16.6. The number of hydrogen-bond acceptors (Lipinski definition) is 3. The average molecular weight is 285 g/mol. The summed E-state index contributed by atoms with van der Waals surface area (Å²) in [6, 6.07) is 1.81. The van der Waals surface area contributed by atoms with E-state index in [-0.39, 0.29) is 17.7 Å². The lowest BCUT2D eigenvalue weighted by molar-refractivity contribution is -0.153. The van der Waals surface area contributed by atoms with Crippen LogP contribution in [0.5, 0.6) is 0 Å². The van der Waals surface area contributed by atoms with E-state index in [0.717, 1.165) is 12.1 Å². The molecule has 1 unspecified atom stereocenters. The average Bonchev–Trinajstić information content (AvgIpc) is 2.28. The summed E-state index contributed by atoms with van der Waals surface area (Å²) >= 11 is 0. The van der Waals surface area contributed by atoms with Gasteiger partial charge < -0.3 is 10.1 Å². The zero-order chi connectivity index (χ0) is 15.5. The highest BCUT2D eigenvalue weighted by molar-refractivity contribution is 5.72. The third kappa shape index (κ3) is 4.89. The van der Waals surface area contributed by atoms with Gasteiger partial charge in [-0.25, -0.2) is 8.78 Å². The number of ether oxygens (including phenoxy) is 1. The molecule has 0 radical (unpaired) electrons. The van der Waals surface area contributed by atoms with Gasteiger partial charge in [-0.2, -0.15) is 0 Å². The number of halogens is 2. The van der Waals surface area contributed by atoms with Gasteiger partial charge >= 0.3 is 5.97 Å². The van der Waals surface area contributed by atoms with Gasteiger partial charge in [0.05, 0.1) is 6.54 Å². The van der Waals surface area contributed by atoms with E-state index in [0.29, 0.717) is 0 Å². The summed E-state index contributed by atoms with van der Waals surface area (Å²) in [6.07, 6.45) is 0. The second-order valence-corrected chi connectivity index (χ2v) is 5.81. The number of esters is 1. The summed E-state index contributed by atoms with van der Waals surface area (Å²) in [6.45, 7) is 8.40. The van der Waals surface area contributed by atoms with Crippen LogP contribution in [0.3, 0.4) is 0 Å². The van der Waals surface area contributed by atoms with Crippen molar-refractivity contribution in [3.8, 4) is 0 Å². The molecule has 0 heterocycles. The Morgan fingerprint density at radius 1 is 1.30 bits per heavy atom. The number of aryl methyl sites for hydroxylation is 1. The van der Waals surface area contributed by atoms with Gasteiger partial charge in [0.2, 0.25) is 0 Å². The summed E-state index contributed by atoms with van der Waals surface area (Å²) in [4.78, 5) is 11.5. The molecule has 1 rings (SSSR count). The molecule has 1 aromatic rings. The second kappa shape index (κ2) is 6.31. The van der Waals surface area contributed by atoms with Crippen molar-refractivity contribution >= 4 is 5.97 Å². The topological polar surface area (TPSA) is 38.3 Å². The van der Waals surface area contributed by atoms with Crippen molar-refractivity contribution in [3.63, 3.8) is 0 Å². The Kier molecular flexibility index (Phi) is 5.22. The molecule has 3 nitrogen and oxygen atoms in total. The van der Waals surface area contributed by atoms with Crippen LogP contribution in [-0.4, -0.2) is 18.1 Å². The van der Waals surface area contributed by atoms with Crippen LogP contribution in [0, 0.1) is 18.6 Å². The van der Waals surface area contributed by atoms with Gasteiger partial charge in [0.15, 0.2) is 0 Å². The van der Waals surface area contributed by atoms with E-state index in [4.69, 9.17) is 4.74 Å². The highest BCUT2D eigenvalue weighted by Crippen LogP contribution is 2.20. The van der Waals surface area contributed by atoms with Crippen molar-refractivity contribution in [2.24, 2.45) is 0 Å². The van der Waals surface area contributed by atoms with Crippen LogP contribution in [0.15, 0.2) is 12.1 Å². The Labute approximate surface area is 118 Å². The largest absolute Gasteiger partial charge is 0.459 e. The maximum Gasteiger partial charge on any atom is 0.320 e. The minimum absolute atomic E-state index is 0.0621. The lowest BCUT2D eigenvalue weighted by atomic mass is 10.1. The van der Waals surface area contributed by atoms with Crippen molar-refractivity contribution in [2.45, 2.75) is 46.3 Å². The molecular weight excluding hydrogens is 264 g/mol. The fourth-order valence-corrected chi connectivity index (χ4v) is 1.72. The van der Waals surface area contributed by atoms with Crippen LogP contribution < -0.4 is 5.32 Å². The minimum atomic E-state index is -0.566. The maximum atomic E-state index is 13.8. The number of benzene rings is 1. The Bertz CT molecular complexity index is 495. The van der Waals surface area contributed by atoms with Gasteiger partial charge in [0, 0.05) is 11.6 Å². The molecule has 112 valence electrons. The SMILES string of the molecule is Cc1cc(F)c(C(C)NCC(=O)OC(C)(C)C)cc1F. The van der Waals surface area contributed by atoms with Gasteiger partial charge in [0.1, 0.15) is 17.2 Å². The van der Waals surface area contributed by atoms with Crippen LogP contribution >= 0.6 is 0 Å². The molecule has 0 saturated carbocycles. The fourth-order valence-electron chi connectivity index (χ4n) is 1.72. The Hall–Kier alpha value is -1.49. The van der Waals surface area contributed by atoms with E-state index in [1.54, 1.807) is 27.7 Å². The van der Waals surface area contributed by atoms with Crippen molar-refractivity contribution < 1.29 is 18.3 Å². The Morgan fingerprint density at radius 3 is 2.45 bits per heavy atom. The van der Waals surface area contributed by atoms with Gasteiger partial charge in [-0.05, 0) is 52.3 Å². The van der Waals surface area contributed by atoms with Gasteiger partial charge in [-0.1, -0.05) is 0 Å². The predicted molar refractivity (Wildman–Crippen MR) is 73.4 cm³/mol. The van der Waals surface area contributed by atoms with E-state index in [2.05, 4.69) is 5.32 Å². The van der Waals surface area contributed by atoms with E-state index in [9.17, 15) is 13.6 Å². The molecule has 0 bridgehead atoms. The van der Waals surface area contributed by atoms with E-state index < -0.39 is 29.2 Å². The maximum absolute atomic E-state index is 13.8. The van der Waals surface area contributed by atoms with Crippen molar-refractivity contribution in [1.82, 2.24) is 5.32 Å². The highest BCUT2D eigenvalue weighted by Gasteiger charge is 2.18. The van der Waals surface area contributed by atoms with Crippen LogP contribution in [0.1, 0.15) is 44.9 Å². The smallest absolute Gasteiger partial charge is 0.320 e. The first-order valence-corrected chi connectivity index (χ1v) is 6.51. The van der Waals surface area contributed by atoms with Crippen LogP contribution in [0.25, 0.3) is 0 Å².